The summed E-state index contributed by atoms with van der Waals surface area (Å²) < 4.78 is 0. The van der Waals surface area contributed by atoms with Gasteiger partial charge in [-0.15, -0.1) is 5.10 Å². The van der Waals surface area contributed by atoms with Crippen LogP contribution in [0.4, 0.5) is 0 Å². The van der Waals surface area contributed by atoms with Crippen LogP contribution in [0.1, 0.15) is 45.1 Å². The van der Waals surface area contributed by atoms with E-state index in [-0.39, 0.29) is 0 Å². The van der Waals surface area contributed by atoms with Crippen molar-refractivity contribution in [1.29, 1.82) is 0 Å². The lowest BCUT2D eigenvalue weighted by molar-refractivity contribution is 0.441. The molecule has 4 nitrogen and oxygen atoms in total. The molecule has 1 unspecified atom stereocenters. The number of hydrogen-bond donors (Lipinski definition) is 2. The van der Waals surface area contributed by atoms with Gasteiger partial charge >= 0.3 is 0 Å². The maximum absolute atomic E-state index is 3.42. The Bertz CT molecular complexity index is 448. The van der Waals surface area contributed by atoms with E-state index < -0.39 is 0 Å². The van der Waals surface area contributed by atoms with E-state index >= 15 is 0 Å². The first-order valence-corrected chi connectivity index (χ1v) is 8.12. The van der Waals surface area contributed by atoms with Crippen molar-refractivity contribution < 1.29 is 0 Å². The fourth-order valence-corrected chi connectivity index (χ4v) is 2.06. The first-order chi connectivity index (χ1) is 10.9. The largest absolute Gasteiger partial charge is 0.391 e. The maximum Gasteiger partial charge on any atom is 0.0690 e. The molecule has 0 aliphatic carbocycles. The lowest BCUT2D eigenvalue weighted by atomic mass is 9.99. The van der Waals surface area contributed by atoms with E-state index in [1.54, 1.807) is 12.4 Å². The smallest absolute Gasteiger partial charge is 0.0690 e. The number of aromatic amines is 1. The predicted molar refractivity (Wildman–Crippen MR) is 93.2 cm³/mol. The van der Waals surface area contributed by atoms with Gasteiger partial charge in [0.2, 0.25) is 0 Å². The summed E-state index contributed by atoms with van der Waals surface area (Å²) in [6, 6.07) is 10.4. The van der Waals surface area contributed by atoms with Crippen LogP contribution in [0.25, 0.3) is 6.08 Å². The highest BCUT2D eigenvalue weighted by Gasteiger charge is 2.03. The Hall–Kier alpha value is -2.10. The SMILES string of the molecule is CCCCC(CC)CNC=Cc1ccccc1.c1c[nH]nn1. The number of H-pyrrole nitrogens is 1. The fraction of sp³-hybridized carbons (Fsp3) is 0.444. The van der Waals surface area contributed by atoms with Crippen molar-refractivity contribution in [2.45, 2.75) is 39.5 Å². The Morgan fingerprint density at radius 1 is 1.23 bits per heavy atom. The molecule has 0 fully saturated rings. The van der Waals surface area contributed by atoms with E-state index in [1.165, 1.54) is 31.2 Å². The standard InChI is InChI=1S/C16H25N.C2H3N3/c1-3-5-9-15(4-2)14-17-13-12-16-10-7-6-8-11-16;1-2-4-5-3-1/h6-8,10-13,15,17H,3-5,9,14H2,1-2H3;1-2H,(H,3,4,5). The normalized spacial score (nSPS) is 11.7. The van der Waals surface area contributed by atoms with Crippen molar-refractivity contribution in [3.05, 3.63) is 54.5 Å². The summed E-state index contributed by atoms with van der Waals surface area (Å²) in [5.74, 6) is 0.815. The molecule has 0 radical (unpaired) electrons. The summed E-state index contributed by atoms with van der Waals surface area (Å²) in [6.07, 6.45) is 12.7. The van der Waals surface area contributed by atoms with Crippen molar-refractivity contribution in [3.8, 4) is 0 Å². The van der Waals surface area contributed by atoms with E-state index in [0.29, 0.717) is 0 Å². The summed E-state index contributed by atoms with van der Waals surface area (Å²) in [4.78, 5) is 0. The molecule has 2 aromatic rings. The van der Waals surface area contributed by atoms with Crippen molar-refractivity contribution in [2.75, 3.05) is 6.54 Å². The lowest BCUT2D eigenvalue weighted by Gasteiger charge is -2.13. The first kappa shape index (κ1) is 18.0. The van der Waals surface area contributed by atoms with Crippen LogP contribution in [-0.2, 0) is 0 Å². The average Bonchev–Trinajstić information content (AvgIpc) is 3.15. The van der Waals surface area contributed by atoms with Gasteiger partial charge in [-0.25, -0.2) is 0 Å². The van der Waals surface area contributed by atoms with Crippen molar-refractivity contribution >= 4 is 6.08 Å². The van der Waals surface area contributed by atoms with E-state index in [2.05, 4.69) is 71.1 Å². The lowest BCUT2D eigenvalue weighted by Crippen LogP contribution is -2.17. The minimum absolute atomic E-state index is 0.815. The summed E-state index contributed by atoms with van der Waals surface area (Å²) in [6.45, 7) is 5.64. The number of nitrogens with zero attached hydrogens (tertiary/aromatic N) is 2. The zero-order valence-corrected chi connectivity index (χ0v) is 13.7. The highest BCUT2D eigenvalue weighted by Crippen LogP contribution is 2.11. The number of rotatable bonds is 8. The third-order valence-electron chi connectivity index (χ3n) is 3.47. The van der Waals surface area contributed by atoms with Gasteiger partial charge in [-0.1, -0.05) is 68.7 Å². The monoisotopic (exact) mass is 300 g/mol. The predicted octanol–water partition coefficient (Wildman–Crippen LogP) is 4.27. The second-order valence-electron chi connectivity index (χ2n) is 5.23. The molecule has 4 heteroatoms. The highest BCUT2D eigenvalue weighted by molar-refractivity contribution is 5.48. The van der Waals surface area contributed by atoms with Gasteiger partial charge in [-0.3, -0.25) is 5.10 Å². The molecule has 2 N–H and O–H groups in total. The summed E-state index contributed by atoms with van der Waals surface area (Å²) in [5, 5.41) is 12.7. The second-order valence-corrected chi connectivity index (χ2v) is 5.23. The minimum atomic E-state index is 0.815. The number of unbranched alkanes of at least 4 members (excludes halogenated alkanes) is 1. The average molecular weight is 300 g/mol. The van der Waals surface area contributed by atoms with E-state index in [4.69, 9.17) is 0 Å². The number of aromatic nitrogens is 3. The van der Waals surface area contributed by atoms with Crippen LogP contribution in [0.2, 0.25) is 0 Å². The third-order valence-corrected chi connectivity index (χ3v) is 3.47. The summed E-state index contributed by atoms with van der Waals surface area (Å²) in [5.41, 5.74) is 1.25. The zero-order valence-electron chi connectivity index (χ0n) is 13.7. The van der Waals surface area contributed by atoms with E-state index in [0.717, 1.165) is 12.5 Å². The van der Waals surface area contributed by atoms with Crippen molar-refractivity contribution in [3.63, 3.8) is 0 Å². The number of nitrogens with one attached hydrogen (secondary N) is 2. The molecule has 0 amide bonds. The van der Waals surface area contributed by atoms with Crippen molar-refractivity contribution in [2.24, 2.45) is 5.92 Å². The molecule has 1 atom stereocenters. The highest BCUT2D eigenvalue weighted by atomic mass is 15.3. The molecular weight excluding hydrogens is 272 g/mol. The van der Waals surface area contributed by atoms with Gasteiger partial charge < -0.3 is 5.32 Å². The molecule has 2 rings (SSSR count). The van der Waals surface area contributed by atoms with Crippen LogP contribution in [0.5, 0.6) is 0 Å². The molecule has 0 aliphatic rings. The van der Waals surface area contributed by atoms with E-state index in [9.17, 15) is 0 Å². The van der Waals surface area contributed by atoms with Gasteiger partial charge in [0.15, 0.2) is 0 Å². The summed E-state index contributed by atoms with van der Waals surface area (Å²) >= 11 is 0. The summed E-state index contributed by atoms with van der Waals surface area (Å²) in [7, 11) is 0. The van der Waals surface area contributed by atoms with Gasteiger partial charge in [-0.05, 0) is 30.2 Å². The minimum Gasteiger partial charge on any atom is -0.391 e. The van der Waals surface area contributed by atoms with Crippen LogP contribution < -0.4 is 5.32 Å². The molecule has 0 saturated heterocycles. The molecule has 0 bridgehead atoms. The number of hydrogen-bond acceptors (Lipinski definition) is 3. The third kappa shape index (κ3) is 8.95. The van der Waals surface area contributed by atoms with E-state index in [1.807, 2.05) is 6.07 Å². The van der Waals surface area contributed by atoms with Crippen molar-refractivity contribution in [1.82, 2.24) is 20.7 Å². The van der Waals surface area contributed by atoms with Crippen LogP contribution in [0.15, 0.2) is 48.9 Å². The van der Waals surface area contributed by atoms with Crippen LogP contribution in [0, 0.1) is 5.92 Å². The molecule has 1 heterocycles. The quantitative estimate of drug-likeness (QED) is 0.765. The van der Waals surface area contributed by atoms with Gasteiger partial charge in [0, 0.05) is 12.7 Å². The molecule has 1 aromatic heterocycles. The first-order valence-electron chi connectivity index (χ1n) is 8.12. The number of benzene rings is 1. The Labute approximate surface area is 134 Å². The maximum atomic E-state index is 3.42. The van der Waals surface area contributed by atoms with Crippen LogP contribution in [-0.4, -0.2) is 22.0 Å². The van der Waals surface area contributed by atoms with Gasteiger partial charge in [0.05, 0.1) is 6.20 Å². The molecule has 0 aliphatic heterocycles. The van der Waals surface area contributed by atoms with Gasteiger partial charge in [0.1, 0.15) is 0 Å². The zero-order chi connectivity index (χ0) is 15.9. The van der Waals surface area contributed by atoms with Gasteiger partial charge in [0.25, 0.3) is 0 Å². The molecule has 0 spiro atoms. The van der Waals surface area contributed by atoms with Crippen LogP contribution in [0.3, 0.4) is 0 Å². The Kier molecular flexibility index (Phi) is 10.3. The molecule has 0 saturated carbocycles. The Morgan fingerprint density at radius 2 is 2.05 bits per heavy atom. The Balaban J connectivity index is 0.000000406. The van der Waals surface area contributed by atoms with Crippen LogP contribution >= 0.6 is 0 Å². The second kappa shape index (κ2) is 12.6. The van der Waals surface area contributed by atoms with Gasteiger partial charge in [-0.2, -0.15) is 0 Å². The molecule has 22 heavy (non-hydrogen) atoms. The molecule has 120 valence electrons. The molecular formula is C18H28N4. The molecule has 1 aromatic carbocycles. The Morgan fingerprint density at radius 3 is 2.59 bits per heavy atom. The fourth-order valence-electron chi connectivity index (χ4n) is 2.06. The topological polar surface area (TPSA) is 53.6 Å².